The van der Waals surface area contributed by atoms with Gasteiger partial charge < -0.3 is 33.5 Å². The summed E-state index contributed by atoms with van der Waals surface area (Å²) in [7, 11) is 0. The van der Waals surface area contributed by atoms with Crippen LogP contribution in [0.3, 0.4) is 0 Å². The van der Waals surface area contributed by atoms with Gasteiger partial charge in [-0.05, 0) is 34.1 Å². The molecule has 0 aliphatic heterocycles. The van der Waals surface area contributed by atoms with Crippen LogP contribution < -0.4 is 0 Å². The van der Waals surface area contributed by atoms with Crippen molar-refractivity contribution in [3.63, 3.8) is 0 Å². The van der Waals surface area contributed by atoms with E-state index in [2.05, 4.69) is 6.92 Å². The van der Waals surface area contributed by atoms with Crippen molar-refractivity contribution in [1.82, 2.24) is 0 Å². The van der Waals surface area contributed by atoms with Crippen molar-refractivity contribution in [2.75, 3.05) is 46.2 Å². The summed E-state index contributed by atoms with van der Waals surface area (Å²) in [4.78, 5) is 0. The van der Waals surface area contributed by atoms with Gasteiger partial charge >= 0.3 is 11.9 Å². The number of aliphatic hydroxyl groups excluding tert-OH is 1. The Balaban J connectivity index is 5.67. The molecule has 0 aliphatic rings. The van der Waals surface area contributed by atoms with E-state index in [1.165, 1.54) is 0 Å². The van der Waals surface area contributed by atoms with E-state index in [1.54, 1.807) is 0 Å². The fourth-order valence-corrected chi connectivity index (χ4v) is 2.07. The highest BCUT2D eigenvalue weighted by atomic mass is 17.0. The van der Waals surface area contributed by atoms with Crippen LogP contribution in [0.2, 0.25) is 0 Å². The molecule has 1 N–H and O–H groups in total. The van der Waals surface area contributed by atoms with Gasteiger partial charge in [-0.2, -0.15) is 0 Å². The van der Waals surface area contributed by atoms with E-state index in [1.807, 2.05) is 27.7 Å². The fourth-order valence-electron chi connectivity index (χ4n) is 2.07. The Bertz CT molecular complexity index is 261. The minimum absolute atomic E-state index is 0.000956. The van der Waals surface area contributed by atoms with Crippen LogP contribution in [0.1, 0.15) is 47.5 Å². The quantitative estimate of drug-likeness (QED) is 0.342. The first-order valence-corrected chi connectivity index (χ1v) is 8.56. The van der Waals surface area contributed by atoms with Gasteiger partial charge in [0.25, 0.3) is 0 Å². The number of hydrogen-bond acceptors (Lipinski definition) is 7. The van der Waals surface area contributed by atoms with Crippen molar-refractivity contribution < 1.29 is 33.5 Å². The van der Waals surface area contributed by atoms with Crippen LogP contribution in [0, 0.1) is 0 Å². The maximum atomic E-state index is 9.15. The molecule has 0 rings (SSSR count). The lowest BCUT2D eigenvalue weighted by molar-refractivity contribution is -0.559. The summed E-state index contributed by atoms with van der Waals surface area (Å²) in [6, 6.07) is 0. The fraction of sp³-hybridized carbons (Fsp3) is 1.00. The van der Waals surface area contributed by atoms with Gasteiger partial charge in [-0.1, -0.05) is 13.3 Å². The summed E-state index contributed by atoms with van der Waals surface area (Å²) < 4.78 is 34.7. The minimum atomic E-state index is -1.71. The Morgan fingerprint density at radius 1 is 0.609 bits per heavy atom. The molecule has 23 heavy (non-hydrogen) atoms. The molecular weight excluding hydrogens is 304 g/mol. The largest absolute Gasteiger partial charge is 0.394 e. The van der Waals surface area contributed by atoms with Crippen molar-refractivity contribution in [2.45, 2.75) is 59.4 Å². The highest BCUT2D eigenvalue weighted by Crippen LogP contribution is 2.36. The Kier molecular flexibility index (Phi) is 12.9. The van der Waals surface area contributed by atoms with Gasteiger partial charge in [0.1, 0.15) is 0 Å². The standard InChI is InChI=1S/C16H34O7/c1-6-11-13-22-15(18-7-2,19-8-3)16(20-9-4,21-10-5)23-14-12-17/h17H,6-14H2,1-5H3. The monoisotopic (exact) mass is 338 g/mol. The van der Waals surface area contributed by atoms with E-state index >= 15 is 0 Å². The molecule has 7 heteroatoms. The van der Waals surface area contributed by atoms with Gasteiger partial charge in [0.2, 0.25) is 0 Å². The normalized spacial score (nSPS) is 12.8. The van der Waals surface area contributed by atoms with Crippen LogP contribution in [0.5, 0.6) is 0 Å². The zero-order valence-corrected chi connectivity index (χ0v) is 15.3. The summed E-state index contributed by atoms with van der Waals surface area (Å²) in [5.41, 5.74) is 0. The van der Waals surface area contributed by atoms with E-state index in [0.717, 1.165) is 12.8 Å². The van der Waals surface area contributed by atoms with E-state index in [-0.39, 0.29) is 13.2 Å². The Morgan fingerprint density at radius 2 is 1.00 bits per heavy atom. The Morgan fingerprint density at radius 3 is 1.30 bits per heavy atom. The highest BCUT2D eigenvalue weighted by Gasteiger charge is 2.60. The molecule has 0 saturated heterocycles. The zero-order valence-electron chi connectivity index (χ0n) is 15.3. The molecular formula is C16H34O7. The number of hydrogen-bond donors (Lipinski definition) is 1. The smallest absolute Gasteiger partial charge is 0.370 e. The highest BCUT2D eigenvalue weighted by molar-refractivity contribution is 4.75. The minimum Gasteiger partial charge on any atom is -0.394 e. The van der Waals surface area contributed by atoms with Crippen LogP contribution in [-0.2, 0) is 28.4 Å². The molecule has 0 radical (unpaired) electrons. The van der Waals surface area contributed by atoms with E-state index < -0.39 is 11.9 Å². The topological polar surface area (TPSA) is 75.6 Å². The molecule has 140 valence electrons. The third-order valence-corrected chi connectivity index (χ3v) is 2.89. The molecule has 0 bridgehead atoms. The second kappa shape index (κ2) is 13.1. The first kappa shape index (κ1) is 22.7. The average molecular weight is 338 g/mol. The summed E-state index contributed by atoms with van der Waals surface area (Å²) in [6.45, 7) is 10.8. The summed E-state index contributed by atoms with van der Waals surface area (Å²) in [6.07, 6.45) is 1.79. The van der Waals surface area contributed by atoms with Crippen LogP contribution in [0.15, 0.2) is 0 Å². The molecule has 0 unspecified atom stereocenters. The molecule has 0 amide bonds. The molecule has 0 aliphatic carbocycles. The maximum absolute atomic E-state index is 9.15. The SMILES string of the molecule is CCCCOC(OCC)(OCC)C(OCC)(OCC)OCCO. The predicted octanol–water partition coefficient (Wildman–Crippen LogP) is 2.27. The lowest BCUT2D eigenvalue weighted by Gasteiger charge is -2.45. The van der Waals surface area contributed by atoms with Crippen molar-refractivity contribution >= 4 is 0 Å². The number of unbranched alkanes of at least 4 members (excludes halogenated alkanes) is 1. The molecule has 0 fully saturated rings. The van der Waals surface area contributed by atoms with Crippen molar-refractivity contribution in [3.05, 3.63) is 0 Å². The first-order valence-electron chi connectivity index (χ1n) is 8.56. The van der Waals surface area contributed by atoms with E-state index in [4.69, 9.17) is 33.5 Å². The molecule has 0 aromatic heterocycles. The predicted molar refractivity (Wildman–Crippen MR) is 85.9 cm³/mol. The first-order chi connectivity index (χ1) is 11.1. The van der Waals surface area contributed by atoms with Crippen LogP contribution in [0.4, 0.5) is 0 Å². The zero-order chi connectivity index (χ0) is 17.6. The number of aliphatic hydroxyl groups is 1. The summed E-state index contributed by atoms with van der Waals surface area (Å²) in [5.74, 6) is -3.37. The number of rotatable bonds is 16. The van der Waals surface area contributed by atoms with Crippen molar-refractivity contribution in [2.24, 2.45) is 0 Å². The van der Waals surface area contributed by atoms with Crippen LogP contribution in [0.25, 0.3) is 0 Å². The third kappa shape index (κ3) is 6.62. The van der Waals surface area contributed by atoms with E-state index in [9.17, 15) is 0 Å². The Labute approximate surface area is 140 Å². The van der Waals surface area contributed by atoms with Gasteiger partial charge in [-0.25, -0.2) is 0 Å². The molecule has 0 spiro atoms. The van der Waals surface area contributed by atoms with E-state index in [0.29, 0.717) is 33.0 Å². The lowest BCUT2D eigenvalue weighted by Crippen LogP contribution is -2.64. The van der Waals surface area contributed by atoms with Crippen molar-refractivity contribution in [1.29, 1.82) is 0 Å². The molecule has 0 aromatic rings. The van der Waals surface area contributed by atoms with Gasteiger partial charge in [-0.15, -0.1) is 0 Å². The summed E-state index contributed by atoms with van der Waals surface area (Å²) >= 11 is 0. The molecule has 0 heterocycles. The molecule has 0 atom stereocenters. The van der Waals surface area contributed by atoms with Gasteiger partial charge in [0.05, 0.1) is 19.8 Å². The van der Waals surface area contributed by atoms with Gasteiger partial charge in [0, 0.05) is 26.4 Å². The lowest BCUT2D eigenvalue weighted by atomic mass is 10.3. The summed E-state index contributed by atoms with van der Waals surface area (Å²) in [5, 5.41) is 9.15. The molecule has 0 aromatic carbocycles. The second-order valence-corrected chi connectivity index (χ2v) is 4.62. The van der Waals surface area contributed by atoms with Gasteiger partial charge in [0.15, 0.2) is 0 Å². The van der Waals surface area contributed by atoms with Crippen molar-refractivity contribution in [3.8, 4) is 0 Å². The molecule has 7 nitrogen and oxygen atoms in total. The number of ether oxygens (including phenoxy) is 6. The maximum Gasteiger partial charge on any atom is 0.370 e. The Hall–Kier alpha value is -0.280. The third-order valence-electron chi connectivity index (χ3n) is 2.89. The average Bonchev–Trinajstić information content (AvgIpc) is 2.53. The second-order valence-electron chi connectivity index (χ2n) is 4.62. The molecule has 0 saturated carbocycles. The van der Waals surface area contributed by atoms with Crippen LogP contribution in [-0.4, -0.2) is 63.3 Å². The van der Waals surface area contributed by atoms with Crippen LogP contribution >= 0.6 is 0 Å². The van der Waals surface area contributed by atoms with Gasteiger partial charge in [-0.3, -0.25) is 0 Å².